The number of aromatic carboxylic acids is 1. The second-order valence-corrected chi connectivity index (χ2v) is 10.1. The summed E-state index contributed by atoms with van der Waals surface area (Å²) in [6.07, 6.45) is 4.81. The second-order valence-electron chi connectivity index (χ2n) is 9.28. The van der Waals surface area contributed by atoms with E-state index in [1.807, 2.05) is 16.7 Å². The quantitative estimate of drug-likeness (QED) is 0.264. The lowest BCUT2D eigenvalue weighted by molar-refractivity contribution is -0.121. The van der Waals surface area contributed by atoms with Crippen molar-refractivity contribution in [3.63, 3.8) is 0 Å². The summed E-state index contributed by atoms with van der Waals surface area (Å²) in [7, 11) is 0. The number of aromatic nitrogens is 2. The zero-order valence-electron chi connectivity index (χ0n) is 19.8. The summed E-state index contributed by atoms with van der Waals surface area (Å²) in [5, 5.41) is 12.9. The van der Waals surface area contributed by atoms with Crippen LogP contribution in [0.2, 0.25) is 10.0 Å². The number of imidazole rings is 1. The molecule has 0 saturated heterocycles. The van der Waals surface area contributed by atoms with Crippen LogP contribution in [0.25, 0.3) is 22.4 Å². The maximum absolute atomic E-state index is 14.2. The predicted octanol–water partition coefficient (Wildman–Crippen LogP) is 7.61. The van der Waals surface area contributed by atoms with E-state index in [0.29, 0.717) is 27.6 Å². The van der Waals surface area contributed by atoms with Gasteiger partial charge in [-0.05, 0) is 73.4 Å². The molecule has 6 nitrogen and oxygen atoms in total. The van der Waals surface area contributed by atoms with Crippen LogP contribution in [-0.2, 0) is 4.79 Å². The number of carboxylic acid groups (broad SMARTS) is 1. The number of hydrogen-bond acceptors (Lipinski definition) is 3. The lowest BCUT2D eigenvalue weighted by Gasteiger charge is -2.32. The molecule has 0 bridgehead atoms. The largest absolute Gasteiger partial charge is 0.478 e. The average molecular weight is 540 g/mol. The molecule has 4 aromatic rings. The molecule has 1 unspecified atom stereocenters. The summed E-state index contributed by atoms with van der Waals surface area (Å²) in [5.74, 6) is -1.27. The van der Waals surface area contributed by atoms with Gasteiger partial charge in [-0.15, -0.1) is 0 Å². The van der Waals surface area contributed by atoms with Gasteiger partial charge < -0.3 is 15.0 Å². The standard InChI is InChI=1S/C28H24Cl2FN3O3/c29-19-9-6-17(7-10-19)26-32-23-15-20(31)11-13-24(23)34(26)25(16-4-2-1-3-5-16)27(35)33-22-12-8-18(28(36)37)14-21(22)30/h6-16,25H,1-5H2,(H,33,35)(H,36,37). The number of benzene rings is 3. The maximum Gasteiger partial charge on any atom is 0.335 e. The Hall–Kier alpha value is -3.42. The Kier molecular flexibility index (Phi) is 7.17. The summed E-state index contributed by atoms with van der Waals surface area (Å²) in [5.41, 5.74) is 2.19. The Morgan fingerprint density at radius 3 is 2.41 bits per heavy atom. The van der Waals surface area contributed by atoms with Gasteiger partial charge in [-0.1, -0.05) is 42.5 Å². The fraction of sp³-hybridized carbons (Fsp3) is 0.250. The summed E-state index contributed by atoms with van der Waals surface area (Å²) in [4.78, 5) is 30.0. The zero-order valence-corrected chi connectivity index (χ0v) is 21.3. The van der Waals surface area contributed by atoms with E-state index in [0.717, 1.165) is 37.7 Å². The van der Waals surface area contributed by atoms with Crippen LogP contribution in [0, 0.1) is 11.7 Å². The summed E-state index contributed by atoms with van der Waals surface area (Å²) in [6, 6.07) is 15.1. The van der Waals surface area contributed by atoms with Gasteiger partial charge in [0.15, 0.2) is 0 Å². The molecule has 1 aliphatic carbocycles. The molecule has 2 N–H and O–H groups in total. The molecule has 0 aliphatic heterocycles. The van der Waals surface area contributed by atoms with E-state index < -0.39 is 17.8 Å². The third-order valence-electron chi connectivity index (χ3n) is 6.87. The van der Waals surface area contributed by atoms with Crippen LogP contribution in [0.4, 0.5) is 10.1 Å². The number of carboxylic acids is 1. The number of fused-ring (bicyclic) bond motifs is 1. The van der Waals surface area contributed by atoms with Gasteiger partial charge in [0.05, 0.1) is 27.3 Å². The SMILES string of the molecule is O=C(O)c1ccc(NC(=O)C(C2CCCCC2)n2c(-c3ccc(Cl)cc3)nc3cc(F)ccc32)c(Cl)c1. The van der Waals surface area contributed by atoms with E-state index in [2.05, 4.69) is 5.32 Å². The smallest absolute Gasteiger partial charge is 0.335 e. The van der Waals surface area contributed by atoms with Gasteiger partial charge in [-0.25, -0.2) is 14.2 Å². The highest BCUT2D eigenvalue weighted by Gasteiger charge is 2.34. The second kappa shape index (κ2) is 10.5. The molecule has 1 fully saturated rings. The van der Waals surface area contributed by atoms with Gasteiger partial charge in [0.1, 0.15) is 17.7 Å². The molecule has 5 rings (SSSR count). The third kappa shape index (κ3) is 5.20. The fourth-order valence-corrected chi connectivity index (χ4v) is 5.46. The van der Waals surface area contributed by atoms with E-state index >= 15 is 0 Å². The van der Waals surface area contributed by atoms with Gasteiger partial charge in [0, 0.05) is 16.7 Å². The van der Waals surface area contributed by atoms with E-state index in [1.165, 1.54) is 30.3 Å². The minimum absolute atomic E-state index is 0.0133. The first kappa shape index (κ1) is 25.2. The molecule has 0 spiro atoms. The van der Waals surface area contributed by atoms with Gasteiger partial charge in [-0.3, -0.25) is 4.79 Å². The number of nitrogens with one attached hydrogen (secondary N) is 1. The number of amides is 1. The van der Waals surface area contributed by atoms with Crippen LogP contribution >= 0.6 is 23.2 Å². The molecule has 1 saturated carbocycles. The van der Waals surface area contributed by atoms with E-state index in [9.17, 15) is 19.1 Å². The minimum atomic E-state index is -1.11. The Bertz CT molecular complexity index is 1480. The van der Waals surface area contributed by atoms with Gasteiger partial charge in [0.2, 0.25) is 5.91 Å². The Morgan fingerprint density at radius 2 is 1.73 bits per heavy atom. The molecule has 37 heavy (non-hydrogen) atoms. The highest BCUT2D eigenvalue weighted by atomic mass is 35.5. The number of anilines is 1. The third-order valence-corrected chi connectivity index (χ3v) is 7.44. The topological polar surface area (TPSA) is 84.2 Å². The molecule has 1 aliphatic rings. The number of carbonyl (C=O) groups is 2. The van der Waals surface area contributed by atoms with Crippen molar-refractivity contribution in [2.24, 2.45) is 5.92 Å². The van der Waals surface area contributed by atoms with Crippen LogP contribution in [0.1, 0.15) is 48.5 Å². The van der Waals surface area contributed by atoms with Crippen LogP contribution in [0.3, 0.4) is 0 Å². The monoisotopic (exact) mass is 539 g/mol. The predicted molar refractivity (Wildman–Crippen MR) is 143 cm³/mol. The molecule has 1 aromatic heterocycles. The first-order valence-corrected chi connectivity index (χ1v) is 12.8. The normalized spacial score (nSPS) is 15.0. The van der Waals surface area contributed by atoms with Gasteiger partial charge in [-0.2, -0.15) is 0 Å². The molecule has 9 heteroatoms. The summed E-state index contributed by atoms with van der Waals surface area (Å²) in [6.45, 7) is 0. The minimum Gasteiger partial charge on any atom is -0.478 e. The molecular formula is C28H24Cl2FN3O3. The highest BCUT2D eigenvalue weighted by molar-refractivity contribution is 6.34. The van der Waals surface area contributed by atoms with Gasteiger partial charge in [0.25, 0.3) is 0 Å². The summed E-state index contributed by atoms with van der Waals surface area (Å²) >= 11 is 12.5. The summed E-state index contributed by atoms with van der Waals surface area (Å²) < 4.78 is 16.1. The van der Waals surface area contributed by atoms with Crippen molar-refractivity contribution >= 4 is 51.8 Å². The number of hydrogen-bond donors (Lipinski definition) is 2. The van der Waals surface area contributed by atoms with E-state index in [1.54, 1.807) is 18.2 Å². The van der Waals surface area contributed by atoms with Crippen molar-refractivity contribution in [2.75, 3.05) is 5.32 Å². The molecule has 190 valence electrons. The van der Waals surface area contributed by atoms with Crippen molar-refractivity contribution in [3.8, 4) is 11.4 Å². The molecule has 1 amide bonds. The number of rotatable bonds is 6. The Balaban J connectivity index is 1.64. The van der Waals surface area contributed by atoms with Crippen LogP contribution in [0.5, 0.6) is 0 Å². The molecular weight excluding hydrogens is 516 g/mol. The van der Waals surface area contributed by atoms with Crippen LogP contribution in [-0.4, -0.2) is 26.5 Å². The van der Waals surface area contributed by atoms with Crippen molar-refractivity contribution < 1.29 is 19.1 Å². The first-order valence-electron chi connectivity index (χ1n) is 12.1. The lowest BCUT2D eigenvalue weighted by atomic mass is 9.83. The zero-order chi connectivity index (χ0) is 26.1. The lowest BCUT2D eigenvalue weighted by Crippen LogP contribution is -2.33. The number of nitrogens with zero attached hydrogens (tertiary/aromatic N) is 2. The van der Waals surface area contributed by atoms with E-state index in [-0.39, 0.29) is 22.4 Å². The number of carbonyl (C=O) groups excluding carboxylic acids is 1. The number of halogens is 3. The molecule has 3 aromatic carbocycles. The highest BCUT2D eigenvalue weighted by Crippen LogP contribution is 2.39. The van der Waals surface area contributed by atoms with Gasteiger partial charge >= 0.3 is 5.97 Å². The van der Waals surface area contributed by atoms with Crippen molar-refractivity contribution in [2.45, 2.75) is 38.1 Å². The fourth-order valence-electron chi connectivity index (χ4n) is 5.10. The van der Waals surface area contributed by atoms with E-state index in [4.69, 9.17) is 28.2 Å². The van der Waals surface area contributed by atoms with Crippen LogP contribution < -0.4 is 5.32 Å². The Morgan fingerprint density at radius 1 is 1.00 bits per heavy atom. The Labute approximate surface area is 223 Å². The van der Waals surface area contributed by atoms with Crippen molar-refractivity contribution in [3.05, 3.63) is 82.1 Å². The van der Waals surface area contributed by atoms with Crippen molar-refractivity contribution in [1.29, 1.82) is 0 Å². The molecule has 0 radical (unpaired) electrons. The molecule has 1 atom stereocenters. The van der Waals surface area contributed by atoms with Crippen LogP contribution in [0.15, 0.2) is 60.7 Å². The first-order chi connectivity index (χ1) is 17.8. The molecule has 1 heterocycles. The average Bonchev–Trinajstić information content (AvgIpc) is 3.24. The maximum atomic E-state index is 14.2. The van der Waals surface area contributed by atoms with Crippen molar-refractivity contribution in [1.82, 2.24) is 9.55 Å².